The summed E-state index contributed by atoms with van der Waals surface area (Å²) in [6, 6.07) is 2.86. The lowest BCUT2D eigenvalue weighted by atomic mass is 10.2. The van der Waals surface area contributed by atoms with Gasteiger partial charge in [-0.25, -0.2) is 4.39 Å². The third-order valence-electron chi connectivity index (χ3n) is 2.80. The van der Waals surface area contributed by atoms with Crippen molar-refractivity contribution < 1.29 is 9.13 Å². The first-order chi connectivity index (χ1) is 9.43. The van der Waals surface area contributed by atoms with Crippen LogP contribution in [0, 0.1) is 11.7 Å². The van der Waals surface area contributed by atoms with Crippen molar-refractivity contribution in [1.29, 1.82) is 0 Å². The molecule has 20 heavy (non-hydrogen) atoms. The fraction of sp³-hybridized carbons (Fsp3) is 0.600. The van der Waals surface area contributed by atoms with Crippen LogP contribution in [0.4, 0.5) is 4.39 Å². The monoisotopic (exact) mass is 365 g/mol. The van der Waals surface area contributed by atoms with Gasteiger partial charge in [-0.2, -0.15) is 0 Å². The van der Waals surface area contributed by atoms with Crippen LogP contribution in [0.15, 0.2) is 16.6 Å². The van der Waals surface area contributed by atoms with Gasteiger partial charge in [-0.15, -0.1) is 0 Å². The summed E-state index contributed by atoms with van der Waals surface area (Å²) >= 11 is 9.08. The lowest BCUT2D eigenvalue weighted by Crippen LogP contribution is -2.33. The molecule has 0 aliphatic carbocycles. The largest absolute Gasteiger partial charge is 0.488 e. The smallest absolute Gasteiger partial charge is 0.145 e. The average Bonchev–Trinajstić information content (AvgIpc) is 2.35. The maximum absolute atomic E-state index is 13.5. The Kier molecular flexibility index (Phi) is 7.85. The van der Waals surface area contributed by atoms with E-state index in [1.54, 1.807) is 0 Å². The predicted molar refractivity (Wildman–Crippen MR) is 86.1 cm³/mol. The second-order valence-corrected chi connectivity index (χ2v) is 6.54. The molecule has 0 amide bonds. The minimum atomic E-state index is -0.463. The van der Waals surface area contributed by atoms with Crippen LogP contribution < -0.4 is 10.1 Å². The molecule has 1 aromatic carbocycles. The van der Waals surface area contributed by atoms with Crippen molar-refractivity contribution in [2.45, 2.75) is 39.7 Å². The molecule has 0 saturated heterocycles. The Balaban J connectivity index is 2.67. The maximum Gasteiger partial charge on any atom is 0.145 e. The van der Waals surface area contributed by atoms with Gasteiger partial charge in [-0.05, 0) is 40.9 Å². The highest BCUT2D eigenvalue weighted by molar-refractivity contribution is 9.10. The topological polar surface area (TPSA) is 21.3 Å². The van der Waals surface area contributed by atoms with Gasteiger partial charge in [-0.1, -0.05) is 38.8 Å². The van der Waals surface area contributed by atoms with Crippen molar-refractivity contribution in [3.8, 4) is 5.75 Å². The van der Waals surface area contributed by atoms with E-state index in [1.807, 2.05) is 0 Å². The van der Waals surface area contributed by atoms with Crippen LogP contribution in [0.1, 0.15) is 33.6 Å². The molecule has 2 nitrogen and oxygen atoms in total. The zero-order valence-corrected chi connectivity index (χ0v) is 14.5. The van der Waals surface area contributed by atoms with Crippen molar-refractivity contribution in [2.24, 2.45) is 5.92 Å². The van der Waals surface area contributed by atoms with E-state index in [0.717, 1.165) is 25.9 Å². The molecule has 1 N–H and O–H groups in total. The predicted octanol–water partition coefficient (Wildman–Crippen LogP) is 5.03. The van der Waals surface area contributed by atoms with Gasteiger partial charge in [0.25, 0.3) is 0 Å². The van der Waals surface area contributed by atoms with Gasteiger partial charge in [-0.3, -0.25) is 0 Å². The fourth-order valence-electron chi connectivity index (χ4n) is 1.83. The molecule has 1 unspecified atom stereocenters. The summed E-state index contributed by atoms with van der Waals surface area (Å²) in [5.41, 5.74) is 0. The van der Waals surface area contributed by atoms with E-state index in [0.29, 0.717) is 16.1 Å². The van der Waals surface area contributed by atoms with Crippen molar-refractivity contribution in [3.63, 3.8) is 0 Å². The Bertz CT molecular complexity index is 429. The van der Waals surface area contributed by atoms with E-state index >= 15 is 0 Å². The van der Waals surface area contributed by atoms with E-state index < -0.39 is 5.82 Å². The summed E-state index contributed by atoms with van der Waals surface area (Å²) in [4.78, 5) is 0. The van der Waals surface area contributed by atoms with E-state index in [-0.39, 0.29) is 11.1 Å². The summed E-state index contributed by atoms with van der Waals surface area (Å²) in [6.45, 7) is 8.13. The lowest BCUT2D eigenvalue weighted by Gasteiger charge is -2.21. The molecule has 114 valence electrons. The van der Waals surface area contributed by atoms with Crippen LogP contribution in [0.25, 0.3) is 0 Å². The molecule has 0 heterocycles. The van der Waals surface area contributed by atoms with E-state index in [9.17, 15) is 4.39 Å². The molecular weight excluding hydrogens is 345 g/mol. The van der Waals surface area contributed by atoms with Gasteiger partial charge < -0.3 is 10.1 Å². The molecule has 0 bridgehead atoms. The standard InChI is InChI=1S/C15H22BrClFNO/c1-4-5-11(9-19-8-10(2)3)20-15-7-14(18)13(17)6-12(15)16/h6-7,10-11,19H,4-5,8-9H2,1-3H3. The molecule has 1 atom stereocenters. The molecular formula is C15H22BrClFNO. The molecule has 0 spiro atoms. The van der Waals surface area contributed by atoms with Gasteiger partial charge in [0.05, 0.1) is 9.50 Å². The highest BCUT2D eigenvalue weighted by Crippen LogP contribution is 2.31. The number of hydrogen-bond donors (Lipinski definition) is 1. The molecule has 0 aliphatic heterocycles. The SMILES string of the molecule is CCCC(CNCC(C)C)Oc1cc(F)c(Cl)cc1Br. The van der Waals surface area contributed by atoms with Gasteiger partial charge >= 0.3 is 0 Å². The Hall–Kier alpha value is -0.320. The fourth-order valence-corrected chi connectivity index (χ4v) is 2.56. The van der Waals surface area contributed by atoms with Crippen LogP contribution in [0.3, 0.4) is 0 Å². The Morgan fingerprint density at radius 2 is 2.05 bits per heavy atom. The Morgan fingerprint density at radius 3 is 2.65 bits per heavy atom. The highest BCUT2D eigenvalue weighted by Gasteiger charge is 2.14. The second kappa shape index (κ2) is 8.85. The quantitative estimate of drug-likeness (QED) is 0.651. The maximum atomic E-state index is 13.5. The molecule has 1 rings (SSSR count). The third-order valence-corrected chi connectivity index (χ3v) is 3.71. The average molecular weight is 367 g/mol. The molecule has 0 fully saturated rings. The molecule has 0 saturated carbocycles. The minimum Gasteiger partial charge on any atom is -0.488 e. The van der Waals surface area contributed by atoms with Crippen molar-refractivity contribution in [1.82, 2.24) is 5.32 Å². The van der Waals surface area contributed by atoms with Crippen molar-refractivity contribution in [3.05, 3.63) is 27.4 Å². The molecule has 5 heteroatoms. The molecule has 0 radical (unpaired) electrons. The number of rotatable bonds is 8. The first-order valence-corrected chi connectivity index (χ1v) is 8.13. The highest BCUT2D eigenvalue weighted by atomic mass is 79.9. The number of halogens is 3. The van der Waals surface area contributed by atoms with E-state index in [1.165, 1.54) is 12.1 Å². The van der Waals surface area contributed by atoms with E-state index in [2.05, 4.69) is 42.0 Å². The van der Waals surface area contributed by atoms with E-state index in [4.69, 9.17) is 16.3 Å². The lowest BCUT2D eigenvalue weighted by molar-refractivity contribution is 0.183. The van der Waals surface area contributed by atoms with Crippen LogP contribution in [-0.2, 0) is 0 Å². The van der Waals surface area contributed by atoms with Crippen LogP contribution in [0.2, 0.25) is 5.02 Å². The van der Waals surface area contributed by atoms with Crippen LogP contribution >= 0.6 is 27.5 Å². The van der Waals surface area contributed by atoms with Gasteiger partial charge in [0.15, 0.2) is 0 Å². The van der Waals surface area contributed by atoms with Gasteiger partial charge in [0.2, 0.25) is 0 Å². The second-order valence-electron chi connectivity index (χ2n) is 5.28. The number of ether oxygens (including phenoxy) is 1. The Morgan fingerprint density at radius 1 is 1.35 bits per heavy atom. The molecule has 0 aliphatic rings. The minimum absolute atomic E-state index is 0.0237. The van der Waals surface area contributed by atoms with Gasteiger partial charge in [0.1, 0.15) is 17.7 Å². The first kappa shape index (κ1) is 17.7. The summed E-state index contributed by atoms with van der Waals surface area (Å²) in [5.74, 6) is 0.629. The van der Waals surface area contributed by atoms with Crippen LogP contribution in [0.5, 0.6) is 5.75 Å². The number of hydrogen-bond acceptors (Lipinski definition) is 2. The first-order valence-electron chi connectivity index (χ1n) is 6.96. The normalized spacial score (nSPS) is 12.8. The molecule has 0 aromatic heterocycles. The zero-order chi connectivity index (χ0) is 15.1. The summed E-state index contributed by atoms with van der Waals surface area (Å²) in [7, 11) is 0. The molecule has 1 aromatic rings. The number of benzene rings is 1. The zero-order valence-electron chi connectivity index (χ0n) is 12.2. The summed E-state index contributed by atoms with van der Waals surface area (Å²) < 4.78 is 20.1. The third kappa shape index (κ3) is 5.98. The number of nitrogens with one attached hydrogen (secondary N) is 1. The Labute approximate surface area is 134 Å². The van der Waals surface area contributed by atoms with Gasteiger partial charge in [0, 0.05) is 12.6 Å². The summed E-state index contributed by atoms with van der Waals surface area (Å²) in [5, 5.41) is 3.47. The summed E-state index contributed by atoms with van der Waals surface area (Å²) in [6.07, 6.45) is 1.96. The van der Waals surface area contributed by atoms with Crippen molar-refractivity contribution in [2.75, 3.05) is 13.1 Å². The van der Waals surface area contributed by atoms with Crippen LogP contribution in [-0.4, -0.2) is 19.2 Å². The van der Waals surface area contributed by atoms with Crippen molar-refractivity contribution >= 4 is 27.5 Å².